The minimum Gasteiger partial charge on any atom is -0.378 e. The van der Waals surface area contributed by atoms with Crippen LogP contribution in [0.5, 0.6) is 0 Å². The summed E-state index contributed by atoms with van der Waals surface area (Å²) in [4.78, 5) is 68.6. The lowest BCUT2D eigenvalue weighted by molar-refractivity contribution is -0.118. The molecule has 1 aromatic carbocycles. The van der Waals surface area contributed by atoms with E-state index in [9.17, 15) is 14.4 Å². The first kappa shape index (κ1) is 37.9. The molecule has 3 N–H and O–H groups in total. The molecule has 0 aliphatic carbocycles. The Kier molecular flexibility index (Phi) is 11.6. The second-order valence-electron chi connectivity index (χ2n) is 14.8. The number of aromatic nitrogens is 5. The van der Waals surface area contributed by atoms with Gasteiger partial charge in [-0.2, -0.15) is 0 Å². The average Bonchev–Trinajstić information content (AvgIpc) is 3.70. The summed E-state index contributed by atoms with van der Waals surface area (Å²) in [6.45, 7) is 12.2. The van der Waals surface area contributed by atoms with Crippen LogP contribution in [0.3, 0.4) is 0 Å². The van der Waals surface area contributed by atoms with Gasteiger partial charge in [-0.3, -0.25) is 34.2 Å². The number of amides is 3. The summed E-state index contributed by atoms with van der Waals surface area (Å²) in [5.74, 6) is 0.449. The molecule has 3 fully saturated rings. The molecule has 57 heavy (non-hydrogen) atoms. The van der Waals surface area contributed by atoms with Gasteiger partial charge in [-0.1, -0.05) is 18.7 Å². The van der Waals surface area contributed by atoms with Gasteiger partial charge in [0.15, 0.2) is 0 Å². The molecule has 3 saturated heterocycles. The number of pyridine rings is 2. The second kappa shape index (κ2) is 17.4. The van der Waals surface area contributed by atoms with Crippen LogP contribution in [-0.2, 0) is 16.1 Å². The predicted octanol–water partition coefficient (Wildman–Crippen LogP) is 3.60. The average molecular weight is 770 g/mol. The first-order chi connectivity index (χ1) is 27.9. The monoisotopic (exact) mass is 769 g/mol. The standard InChI is InChI=1S/C42H47N11O4/c1-29(25-50-14-16-53(17-15-50)42(56)32-4-2-11-43-24-32)40(54)48-34-5-3-13-51(27-34)26-30-10-12-44-37(22-30)41(55)47-33-8-6-31(7-9-33)36-23-35-38(49-36)45-28-46-39(35)52-18-20-57-21-19-52/h2,4,6-12,22-24,28,34H,1,3,5,13-21,25-27H2,(H,47,55)(H,48,54)(H,45,46,49)/t34-/m1/s1. The maximum Gasteiger partial charge on any atom is 0.274 e. The van der Waals surface area contributed by atoms with E-state index in [0.29, 0.717) is 81.5 Å². The van der Waals surface area contributed by atoms with Crippen LogP contribution in [0.4, 0.5) is 11.5 Å². The van der Waals surface area contributed by atoms with E-state index in [2.05, 4.69) is 62.9 Å². The van der Waals surface area contributed by atoms with Crippen molar-refractivity contribution in [3.63, 3.8) is 0 Å². The Morgan fingerprint density at radius 3 is 2.51 bits per heavy atom. The van der Waals surface area contributed by atoms with Crippen molar-refractivity contribution in [2.75, 3.05) is 82.3 Å². The number of fused-ring (bicyclic) bond motifs is 1. The highest BCUT2D eigenvalue weighted by atomic mass is 16.5. The molecule has 3 aliphatic heterocycles. The summed E-state index contributed by atoms with van der Waals surface area (Å²) in [7, 11) is 0. The number of likely N-dealkylation sites (tertiary alicyclic amines) is 1. The first-order valence-corrected chi connectivity index (χ1v) is 19.5. The van der Waals surface area contributed by atoms with Gasteiger partial charge in [0.2, 0.25) is 5.91 Å². The molecule has 15 heteroatoms. The number of piperazine rings is 1. The summed E-state index contributed by atoms with van der Waals surface area (Å²) >= 11 is 0. The Morgan fingerprint density at radius 1 is 0.895 bits per heavy atom. The van der Waals surface area contributed by atoms with Gasteiger partial charge in [0.05, 0.1) is 24.2 Å². The van der Waals surface area contributed by atoms with Gasteiger partial charge in [0.25, 0.3) is 11.8 Å². The highest BCUT2D eigenvalue weighted by Gasteiger charge is 2.26. The molecular formula is C42H47N11O4. The maximum absolute atomic E-state index is 13.3. The Labute approximate surface area is 331 Å². The summed E-state index contributed by atoms with van der Waals surface area (Å²) in [6, 6.07) is 17.0. The van der Waals surface area contributed by atoms with Crippen molar-refractivity contribution in [1.29, 1.82) is 0 Å². The van der Waals surface area contributed by atoms with Crippen molar-refractivity contribution in [3.8, 4) is 11.3 Å². The third kappa shape index (κ3) is 9.17. The van der Waals surface area contributed by atoms with Crippen LogP contribution in [0.1, 0.15) is 39.3 Å². The number of aromatic amines is 1. The fraction of sp³-hybridized carbons (Fsp3) is 0.357. The van der Waals surface area contributed by atoms with Crippen LogP contribution < -0.4 is 15.5 Å². The number of hydrogen-bond acceptors (Lipinski definition) is 11. The third-order valence-electron chi connectivity index (χ3n) is 10.8. The van der Waals surface area contributed by atoms with Gasteiger partial charge in [0, 0.05) is 100 Å². The Bertz CT molecular complexity index is 2210. The van der Waals surface area contributed by atoms with Gasteiger partial charge in [-0.15, -0.1) is 0 Å². The molecule has 1 atom stereocenters. The molecular weight excluding hydrogens is 723 g/mol. The molecule has 0 spiro atoms. The lowest BCUT2D eigenvalue weighted by Crippen LogP contribution is -2.51. The van der Waals surface area contributed by atoms with Gasteiger partial charge in [-0.05, 0) is 73.0 Å². The SMILES string of the molecule is C=C(CN1CCN(C(=O)c2cccnc2)CC1)C(=O)N[C@@H]1CCCN(Cc2ccnc(C(=O)Nc3ccc(-c4cc5c(N6CCOCC6)ncnc5[nH]4)cc3)c2)C1. The van der Waals surface area contributed by atoms with Crippen molar-refractivity contribution in [1.82, 2.24) is 44.9 Å². The van der Waals surface area contributed by atoms with Crippen molar-refractivity contribution < 1.29 is 19.1 Å². The summed E-state index contributed by atoms with van der Waals surface area (Å²) in [5, 5.41) is 7.14. The van der Waals surface area contributed by atoms with E-state index in [1.165, 1.54) is 0 Å². The molecule has 3 aliphatic rings. The molecule has 15 nitrogen and oxygen atoms in total. The van der Waals surface area contributed by atoms with Crippen LogP contribution in [0.25, 0.3) is 22.3 Å². The molecule has 0 radical (unpaired) electrons. The quantitative estimate of drug-likeness (QED) is 0.168. The van der Waals surface area contributed by atoms with Crippen LogP contribution in [-0.4, -0.2) is 135 Å². The molecule has 294 valence electrons. The van der Waals surface area contributed by atoms with Gasteiger partial charge >= 0.3 is 0 Å². The Morgan fingerprint density at radius 2 is 1.72 bits per heavy atom. The minimum atomic E-state index is -0.288. The van der Waals surface area contributed by atoms with Crippen LogP contribution >= 0.6 is 0 Å². The molecule has 0 bridgehead atoms. The van der Waals surface area contributed by atoms with Crippen molar-refractivity contribution in [2.24, 2.45) is 0 Å². The van der Waals surface area contributed by atoms with Crippen LogP contribution in [0.2, 0.25) is 0 Å². The molecule has 0 unspecified atom stereocenters. The second-order valence-corrected chi connectivity index (χ2v) is 14.8. The van der Waals surface area contributed by atoms with Gasteiger partial charge in [0.1, 0.15) is 23.5 Å². The number of H-pyrrole nitrogens is 1. The highest BCUT2D eigenvalue weighted by molar-refractivity contribution is 6.03. The number of hydrogen-bond donors (Lipinski definition) is 3. The number of carbonyl (C=O) groups excluding carboxylic acids is 3. The van der Waals surface area contributed by atoms with E-state index < -0.39 is 0 Å². The molecule has 5 aromatic rings. The predicted molar refractivity (Wildman–Crippen MR) is 217 cm³/mol. The van der Waals surface area contributed by atoms with E-state index in [-0.39, 0.29) is 23.8 Å². The van der Waals surface area contributed by atoms with Crippen molar-refractivity contribution in [2.45, 2.75) is 25.4 Å². The lowest BCUT2D eigenvalue weighted by atomic mass is 10.0. The van der Waals surface area contributed by atoms with E-state index in [4.69, 9.17) is 4.74 Å². The van der Waals surface area contributed by atoms with Crippen LogP contribution in [0, 0.1) is 0 Å². The zero-order valence-corrected chi connectivity index (χ0v) is 31.9. The van der Waals surface area contributed by atoms with E-state index in [0.717, 1.165) is 66.1 Å². The highest BCUT2D eigenvalue weighted by Crippen LogP contribution is 2.30. The Hall–Kier alpha value is -6.03. The lowest BCUT2D eigenvalue weighted by Gasteiger charge is -2.35. The topological polar surface area (TPSA) is 165 Å². The van der Waals surface area contributed by atoms with Crippen molar-refractivity contribution in [3.05, 3.63) is 108 Å². The molecule has 0 saturated carbocycles. The van der Waals surface area contributed by atoms with Crippen molar-refractivity contribution >= 4 is 40.3 Å². The summed E-state index contributed by atoms with van der Waals surface area (Å²) in [5.41, 5.74) is 5.73. The largest absolute Gasteiger partial charge is 0.378 e. The smallest absolute Gasteiger partial charge is 0.274 e. The zero-order chi connectivity index (χ0) is 39.1. The first-order valence-electron chi connectivity index (χ1n) is 19.5. The normalized spacial score (nSPS) is 18.0. The Balaban J connectivity index is 0.806. The number of benzene rings is 1. The van der Waals surface area contributed by atoms with E-state index in [1.54, 1.807) is 37.1 Å². The molecule has 7 heterocycles. The number of rotatable bonds is 11. The number of anilines is 2. The number of nitrogens with one attached hydrogen (secondary N) is 3. The minimum absolute atomic E-state index is 0.00589. The molecule has 4 aromatic heterocycles. The fourth-order valence-electron chi connectivity index (χ4n) is 7.72. The van der Waals surface area contributed by atoms with Gasteiger partial charge < -0.3 is 30.2 Å². The number of carbonyl (C=O) groups is 3. The molecule has 3 amide bonds. The summed E-state index contributed by atoms with van der Waals surface area (Å²) < 4.78 is 5.51. The molecule has 8 rings (SSSR count). The van der Waals surface area contributed by atoms with E-state index >= 15 is 0 Å². The zero-order valence-electron chi connectivity index (χ0n) is 31.9. The van der Waals surface area contributed by atoms with E-state index in [1.807, 2.05) is 41.3 Å². The number of morpholine rings is 1. The number of piperidine rings is 1. The number of ether oxygens (including phenoxy) is 1. The number of nitrogens with zero attached hydrogens (tertiary/aromatic N) is 8. The maximum atomic E-state index is 13.3. The van der Waals surface area contributed by atoms with Crippen LogP contribution in [0.15, 0.2) is 91.7 Å². The van der Waals surface area contributed by atoms with Gasteiger partial charge in [-0.25, -0.2) is 9.97 Å². The third-order valence-corrected chi connectivity index (χ3v) is 10.8. The summed E-state index contributed by atoms with van der Waals surface area (Å²) in [6.07, 6.45) is 8.33. The fourth-order valence-corrected chi connectivity index (χ4v) is 7.72.